The van der Waals surface area contributed by atoms with Gasteiger partial charge in [-0.3, -0.25) is 14.9 Å². The molecule has 3 rings (SSSR count). The van der Waals surface area contributed by atoms with E-state index >= 15 is 0 Å². The molecular formula is C17H15N5O. The molecule has 2 heterocycles. The van der Waals surface area contributed by atoms with E-state index in [4.69, 9.17) is 0 Å². The molecule has 0 aliphatic carbocycles. The molecule has 0 bridgehead atoms. The summed E-state index contributed by atoms with van der Waals surface area (Å²) in [6.45, 7) is 1.85. The summed E-state index contributed by atoms with van der Waals surface area (Å²) in [4.78, 5) is 16.1. The molecule has 2 aromatic heterocycles. The van der Waals surface area contributed by atoms with E-state index in [9.17, 15) is 4.79 Å². The summed E-state index contributed by atoms with van der Waals surface area (Å²) in [5, 5.41) is 10.9. The lowest BCUT2D eigenvalue weighted by atomic mass is 10.1. The summed E-state index contributed by atoms with van der Waals surface area (Å²) < 4.78 is 0. The minimum absolute atomic E-state index is 0.331. The van der Waals surface area contributed by atoms with Gasteiger partial charge >= 0.3 is 0 Å². The molecular weight excluding hydrogens is 290 g/mol. The molecule has 0 atom stereocenters. The van der Waals surface area contributed by atoms with Crippen LogP contribution in [0, 0.1) is 6.92 Å². The van der Waals surface area contributed by atoms with Gasteiger partial charge in [0, 0.05) is 23.5 Å². The highest BCUT2D eigenvalue weighted by Crippen LogP contribution is 2.22. The van der Waals surface area contributed by atoms with Crippen molar-refractivity contribution in [2.24, 2.45) is 5.10 Å². The van der Waals surface area contributed by atoms with Gasteiger partial charge in [0.1, 0.15) is 5.69 Å². The molecule has 2 N–H and O–H groups in total. The van der Waals surface area contributed by atoms with E-state index in [1.54, 1.807) is 30.7 Å². The van der Waals surface area contributed by atoms with Crippen molar-refractivity contribution >= 4 is 12.1 Å². The Morgan fingerprint density at radius 1 is 1.17 bits per heavy atom. The van der Waals surface area contributed by atoms with Gasteiger partial charge in [0.25, 0.3) is 5.91 Å². The number of aromatic nitrogens is 3. The average Bonchev–Trinajstić information content (AvgIpc) is 2.98. The normalized spacial score (nSPS) is 10.8. The zero-order valence-corrected chi connectivity index (χ0v) is 12.5. The van der Waals surface area contributed by atoms with Crippen molar-refractivity contribution < 1.29 is 4.79 Å². The van der Waals surface area contributed by atoms with E-state index in [0.29, 0.717) is 5.69 Å². The van der Waals surface area contributed by atoms with Crippen LogP contribution in [-0.4, -0.2) is 27.3 Å². The van der Waals surface area contributed by atoms with E-state index in [-0.39, 0.29) is 5.91 Å². The summed E-state index contributed by atoms with van der Waals surface area (Å²) in [5.41, 5.74) is 6.25. The van der Waals surface area contributed by atoms with Crippen molar-refractivity contribution in [1.29, 1.82) is 0 Å². The van der Waals surface area contributed by atoms with Gasteiger partial charge in [0.05, 0.1) is 11.9 Å². The number of aromatic amines is 1. The van der Waals surface area contributed by atoms with Gasteiger partial charge in [0.15, 0.2) is 0 Å². The Labute approximate surface area is 133 Å². The third kappa shape index (κ3) is 3.32. The number of hydrogen-bond acceptors (Lipinski definition) is 4. The summed E-state index contributed by atoms with van der Waals surface area (Å²) in [5.74, 6) is -0.331. The molecule has 0 saturated carbocycles. The Balaban J connectivity index is 1.74. The molecule has 0 unspecified atom stereocenters. The minimum Gasteiger partial charge on any atom is -0.272 e. The van der Waals surface area contributed by atoms with Crippen molar-refractivity contribution in [3.63, 3.8) is 0 Å². The number of carbonyl (C=O) groups excluding carboxylic acids is 1. The molecule has 6 heteroatoms. The second kappa shape index (κ2) is 6.65. The highest BCUT2D eigenvalue weighted by Gasteiger charge is 2.16. The molecule has 0 saturated heterocycles. The van der Waals surface area contributed by atoms with Crippen molar-refractivity contribution in [2.75, 3.05) is 0 Å². The fourth-order valence-electron chi connectivity index (χ4n) is 2.17. The molecule has 0 fully saturated rings. The van der Waals surface area contributed by atoms with Gasteiger partial charge in [-0.2, -0.15) is 10.2 Å². The topological polar surface area (TPSA) is 83.0 Å². The molecule has 1 amide bonds. The van der Waals surface area contributed by atoms with Crippen LogP contribution in [0.5, 0.6) is 0 Å². The Bertz CT molecular complexity index is 825. The predicted molar refractivity (Wildman–Crippen MR) is 88.1 cm³/mol. The molecule has 0 spiro atoms. The monoisotopic (exact) mass is 305 g/mol. The lowest BCUT2D eigenvalue weighted by Crippen LogP contribution is -2.19. The summed E-state index contributed by atoms with van der Waals surface area (Å²) in [6.07, 6.45) is 4.88. The van der Waals surface area contributed by atoms with Crippen LogP contribution in [-0.2, 0) is 0 Å². The quantitative estimate of drug-likeness (QED) is 0.574. The lowest BCUT2D eigenvalue weighted by molar-refractivity contribution is 0.0949. The van der Waals surface area contributed by atoms with Gasteiger partial charge in [0.2, 0.25) is 0 Å². The third-order valence-electron chi connectivity index (χ3n) is 3.37. The van der Waals surface area contributed by atoms with Crippen LogP contribution in [0.1, 0.15) is 21.6 Å². The van der Waals surface area contributed by atoms with Crippen LogP contribution in [0.25, 0.3) is 11.3 Å². The highest BCUT2D eigenvalue weighted by molar-refractivity contribution is 5.95. The molecule has 0 radical (unpaired) electrons. The first-order valence-electron chi connectivity index (χ1n) is 7.09. The van der Waals surface area contributed by atoms with Crippen LogP contribution in [0.3, 0.4) is 0 Å². The number of carbonyl (C=O) groups is 1. The van der Waals surface area contributed by atoms with E-state index in [1.807, 2.05) is 37.3 Å². The average molecular weight is 305 g/mol. The Hall–Kier alpha value is -3.28. The first kappa shape index (κ1) is 14.6. The second-order valence-corrected chi connectivity index (χ2v) is 4.92. The SMILES string of the molecule is Cc1c(-c2ccccc2)n[nH]c1C(=O)NN=Cc1ccncc1. The Kier molecular flexibility index (Phi) is 4.24. The first-order chi connectivity index (χ1) is 11.3. The fourth-order valence-corrected chi connectivity index (χ4v) is 2.17. The van der Waals surface area contributed by atoms with Crippen LogP contribution in [0.4, 0.5) is 0 Å². The minimum atomic E-state index is -0.331. The number of nitrogens with zero attached hydrogens (tertiary/aromatic N) is 3. The highest BCUT2D eigenvalue weighted by atomic mass is 16.2. The fraction of sp³-hybridized carbons (Fsp3) is 0.0588. The summed E-state index contributed by atoms with van der Waals surface area (Å²) in [6, 6.07) is 13.3. The molecule has 0 aliphatic rings. The van der Waals surface area contributed by atoms with E-state index in [1.165, 1.54) is 0 Å². The van der Waals surface area contributed by atoms with Crippen LogP contribution in [0.2, 0.25) is 0 Å². The number of pyridine rings is 1. The molecule has 114 valence electrons. The molecule has 23 heavy (non-hydrogen) atoms. The maximum Gasteiger partial charge on any atom is 0.289 e. The van der Waals surface area contributed by atoms with E-state index < -0.39 is 0 Å². The zero-order valence-electron chi connectivity index (χ0n) is 12.5. The number of benzene rings is 1. The number of rotatable bonds is 4. The van der Waals surface area contributed by atoms with E-state index in [2.05, 4.69) is 25.7 Å². The van der Waals surface area contributed by atoms with E-state index in [0.717, 1.165) is 22.4 Å². The molecule has 1 aromatic carbocycles. The number of hydrogen-bond donors (Lipinski definition) is 2. The van der Waals surface area contributed by atoms with Crippen molar-refractivity contribution in [1.82, 2.24) is 20.6 Å². The predicted octanol–water partition coefficient (Wildman–Crippen LogP) is 2.54. The van der Waals surface area contributed by atoms with Crippen LogP contribution >= 0.6 is 0 Å². The van der Waals surface area contributed by atoms with Gasteiger partial charge in [-0.05, 0) is 24.6 Å². The molecule has 0 aliphatic heterocycles. The van der Waals surface area contributed by atoms with Crippen LogP contribution in [0.15, 0.2) is 60.0 Å². The Morgan fingerprint density at radius 3 is 2.65 bits per heavy atom. The number of H-pyrrole nitrogens is 1. The number of amides is 1. The van der Waals surface area contributed by atoms with Gasteiger partial charge in [-0.25, -0.2) is 5.43 Å². The van der Waals surface area contributed by atoms with Crippen LogP contribution < -0.4 is 5.43 Å². The Morgan fingerprint density at radius 2 is 1.91 bits per heavy atom. The third-order valence-corrected chi connectivity index (χ3v) is 3.37. The lowest BCUT2D eigenvalue weighted by Gasteiger charge is -2.00. The maximum atomic E-state index is 12.2. The van der Waals surface area contributed by atoms with Gasteiger partial charge < -0.3 is 0 Å². The second-order valence-electron chi connectivity index (χ2n) is 4.92. The largest absolute Gasteiger partial charge is 0.289 e. The van der Waals surface area contributed by atoms with Crippen molar-refractivity contribution in [2.45, 2.75) is 6.92 Å². The zero-order chi connectivity index (χ0) is 16.1. The van der Waals surface area contributed by atoms with Gasteiger partial charge in [-0.15, -0.1) is 0 Å². The molecule has 6 nitrogen and oxygen atoms in total. The molecule has 3 aromatic rings. The maximum absolute atomic E-state index is 12.2. The number of nitrogens with one attached hydrogen (secondary N) is 2. The first-order valence-corrected chi connectivity index (χ1v) is 7.09. The smallest absolute Gasteiger partial charge is 0.272 e. The van der Waals surface area contributed by atoms with Crippen molar-refractivity contribution in [3.8, 4) is 11.3 Å². The van der Waals surface area contributed by atoms with Gasteiger partial charge in [-0.1, -0.05) is 30.3 Å². The summed E-state index contributed by atoms with van der Waals surface area (Å²) in [7, 11) is 0. The standard InChI is InChI=1S/C17H15N5O/c1-12-15(14-5-3-2-4-6-14)20-21-16(12)17(23)22-19-11-13-7-9-18-10-8-13/h2-11H,1H3,(H,20,21)(H,22,23). The summed E-state index contributed by atoms with van der Waals surface area (Å²) >= 11 is 0. The number of hydrazone groups is 1. The van der Waals surface area contributed by atoms with Crippen molar-refractivity contribution in [3.05, 3.63) is 71.7 Å².